The number of methoxy groups -OCH3 is 2. The molecular formula is C23H31N3O5. The molecule has 2 rings (SSSR count). The molecular weight excluding hydrogens is 398 g/mol. The number of carbonyl (C=O) groups excluding carboxylic acids is 2. The molecule has 0 aliphatic rings. The van der Waals surface area contributed by atoms with Crippen LogP contribution in [0.4, 0.5) is 0 Å². The Morgan fingerprint density at radius 3 is 2.10 bits per heavy atom. The first-order chi connectivity index (χ1) is 14.5. The van der Waals surface area contributed by atoms with E-state index >= 15 is 0 Å². The highest BCUT2D eigenvalue weighted by Gasteiger charge is 2.23. The highest BCUT2D eigenvalue weighted by Crippen LogP contribution is 2.27. The molecule has 31 heavy (non-hydrogen) atoms. The van der Waals surface area contributed by atoms with Crippen molar-refractivity contribution in [3.05, 3.63) is 57.5 Å². The Morgan fingerprint density at radius 2 is 1.58 bits per heavy atom. The smallest absolute Gasteiger partial charge is 0.257 e. The van der Waals surface area contributed by atoms with Crippen molar-refractivity contribution in [1.29, 1.82) is 0 Å². The second kappa shape index (κ2) is 9.68. The number of nitrogens with zero attached hydrogens (tertiary/aromatic N) is 1. The predicted octanol–water partition coefficient (Wildman–Crippen LogP) is 2.90. The van der Waals surface area contributed by atoms with Gasteiger partial charge < -0.3 is 24.7 Å². The normalized spacial score (nSPS) is 11.2. The first kappa shape index (κ1) is 24.0. The van der Waals surface area contributed by atoms with E-state index < -0.39 is 22.8 Å². The highest BCUT2D eigenvalue weighted by molar-refractivity contribution is 5.99. The second-order valence-electron chi connectivity index (χ2n) is 8.53. The first-order valence-corrected chi connectivity index (χ1v) is 10.0. The Morgan fingerprint density at radius 1 is 1.00 bits per heavy atom. The van der Waals surface area contributed by atoms with Gasteiger partial charge >= 0.3 is 0 Å². The van der Waals surface area contributed by atoms with Crippen LogP contribution in [-0.4, -0.2) is 36.1 Å². The summed E-state index contributed by atoms with van der Waals surface area (Å²) in [6.07, 6.45) is 2.96. The minimum Gasteiger partial charge on any atom is -0.493 e. The van der Waals surface area contributed by atoms with E-state index in [0.29, 0.717) is 11.5 Å². The van der Waals surface area contributed by atoms with E-state index in [9.17, 15) is 14.4 Å². The summed E-state index contributed by atoms with van der Waals surface area (Å²) in [5.74, 6) is 0.0493. The van der Waals surface area contributed by atoms with Crippen molar-refractivity contribution in [3.8, 4) is 11.5 Å². The number of pyridine rings is 1. The molecule has 0 fully saturated rings. The van der Waals surface area contributed by atoms with Crippen molar-refractivity contribution >= 4 is 11.8 Å². The lowest BCUT2D eigenvalue weighted by Crippen LogP contribution is -2.43. The van der Waals surface area contributed by atoms with Crippen molar-refractivity contribution in [1.82, 2.24) is 15.2 Å². The van der Waals surface area contributed by atoms with Crippen molar-refractivity contribution in [2.75, 3.05) is 14.2 Å². The number of hydrogen-bond donors (Lipinski definition) is 2. The zero-order valence-corrected chi connectivity index (χ0v) is 19.2. The molecule has 2 N–H and O–H groups in total. The summed E-state index contributed by atoms with van der Waals surface area (Å²) >= 11 is 0. The van der Waals surface area contributed by atoms with Crippen LogP contribution in [0.2, 0.25) is 0 Å². The van der Waals surface area contributed by atoms with Gasteiger partial charge in [0, 0.05) is 30.5 Å². The van der Waals surface area contributed by atoms with Gasteiger partial charge in [-0.15, -0.1) is 0 Å². The molecule has 1 aromatic heterocycles. The maximum atomic E-state index is 12.9. The molecule has 0 radical (unpaired) electrons. The molecule has 0 saturated heterocycles. The third kappa shape index (κ3) is 6.10. The van der Waals surface area contributed by atoms with Crippen LogP contribution < -0.4 is 25.5 Å². The van der Waals surface area contributed by atoms with E-state index in [2.05, 4.69) is 10.6 Å². The fourth-order valence-corrected chi connectivity index (χ4v) is 2.90. The molecule has 8 heteroatoms. The Kier molecular flexibility index (Phi) is 7.49. The lowest BCUT2D eigenvalue weighted by Gasteiger charge is -2.21. The van der Waals surface area contributed by atoms with Crippen LogP contribution in [0, 0.1) is 0 Å². The van der Waals surface area contributed by atoms with Crippen LogP contribution >= 0.6 is 0 Å². The molecule has 1 heterocycles. The van der Waals surface area contributed by atoms with Crippen molar-refractivity contribution < 1.29 is 19.1 Å². The predicted molar refractivity (Wildman–Crippen MR) is 119 cm³/mol. The van der Waals surface area contributed by atoms with Gasteiger partial charge in [-0.25, -0.2) is 0 Å². The van der Waals surface area contributed by atoms with E-state index in [1.807, 2.05) is 34.6 Å². The van der Waals surface area contributed by atoms with Gasteiger partial charge in [0.25, 0.3) is 11.8 Å². The zero-order chi connectivity index (χ0) is 23.3. The number of aromatic nitrogens is 1. The Balaban J connectivity index is 2.33. The van der Waals surface area contributed by atoms with Crippen LogP contribution in [0.5, 0.6) is 11.5 Å². The standard InChI is InChI=1S/C23H31N3O5/c1-14(2)26-12-16(20(27)17(13-26)22(29)25-23(3,4)5)21(28)24-11-15-8-9-18(30-6)19(10-15)31-7/h8-10,12-14H,11H2,1-7H3,(H,24,28)(H,25,29). The molecule has 0 unspecified atom stereocenters. The third-order valence-corrected chi connectivity index (χ3v) is 4.52. The molecule has 0 spiro atoms. The van der Waals surface area contributed by atoms with Gasteiger partial charge in [-0.3, -0.25) is 14.4 Å². The Hall–Kier alpha value is -3.29. The van der Waals surface area contributed by atoms with Gasteiger partial charge in [0.1, 0.15) is 11.1 Å². The molecule has 168 valence electrons. The van der Waals surface area contributed by atoms with E-state index in [1.54, 1.807) is 29.9 Å². The summed E-state index contributed by atoms with van der Waals surface area (Å²) < 4.78 is 12.2. The van der Waals surface area contributed by atoms with E-state index in [-0.39, 0.29) is 23.7 Å². The van der Waals surface area contributed by atoms with Crippen LogP contribution in [-0.2, 0) is 6.54 Å². The quantitative estimate of drug-likeness (QED) is 0.705. The SMILES string of the molecule is COc1ccc(CNC(=O)c2cn(C(C)C)cc(C(=O)NC(C)(C)C)c2=O)cc1OC. The first-order valence-electron chi connectivity index (χ1n) is 10.0. The van der Waals surface area contributed by atoms with Crippen molar-refractivity contribution in [3.63, 3.8) is 0 Å². The van der Waals surface area contributed by atoms with Crippen LogP contribution in [0.15, 0.2) is 35.4 Å². The summed E-state index contributed by atoms with van der Waals surface area (Å²) in [7, 11) is 3.07. The average molecular weight is 430 g/mol. The summed E-state index contributed by atoms with van der Waals surface area (Å²) in [6.45, 7) is 9.46. The largest absolute Gasteiger partial charge is 0.493 e. The van der Waals surface area contributed by atoms with E-state index in [1.165, 1.54) is 19.5 Å². The molecule has 0 saturated carbocycles. The maximum Gasteiger partial charge on any atom is 0.257 e. The van der Waals surface area contributed by atoms with Crippen molar-refractivity contribution in [2.24, 2.45) is 0 Å². The minimum atomic E-state index is -0.608. The van der Waals surface area contributed by atoms with Crippen LogP contribution in [0.1, 0.15) is 66.9 Å². The van der Waals surface area contributed by atoms with Gasteiger partial charge in [0.15, 0.2) is 11.5 Å². The lowest BCUT2D eigenvalue weighted by atomic mass is 10.1. The van der Waals surface area contributed by atoms with Gasteiger partial charge in [-0.05, 0) is 52.3 Å². The summed E-state index contributed by atoms with van der Waals surface area (Å²) in [5.41, 5.74) is -0.504. The summed E-state index contributed by atoms with van der Waals surface area (Å²) in [5, 5.41) is 5.53. The van der Waals surface area contributed by atoms with Gasteiger partial charge in [-0.1, -0.05) is 6.07 Å². The number of carbonyl (C=O) groups is 2. The number of amides is 2. The third-order valence-electron chi connectivity index (χ3n) is 4.52. The number of benzene rings is 1. The second-order valence-corrected chi connectivity index (χ2v) is 8.53. The number of nitrogens with one attached hydrogen (secondary N) is 2. The van der Waals surface area contributed by atoms with Gasteiger partial charge in [-0.2, -0.15) is 0 Å². The summed E-state index contributed by atoms with van der Waals surface area (Å²) in [6, 6.07) is 5.24. The Labute approximate surface area is 182 Å². The average Bonchev–Trinajstić information content (AvgIpc) is 2.70. The van der Waals surface area contributed by atoms with E-state index in [4.69, 9.17) is 9.47 Å². The molecule has 2 amide bonds. The Bertz CT molecular complexity index is 1020. The minimum absolute atomic E-state index is 0.0424. The molecule has 0 atom stereocenters. The summed E-state index contributed by atoms with van der Waals surface area (Å²) in [4.78, 5) is 38.4. The molecule has 0 aliphatic heterocycles. The molecule has 2 aromatic rings. The molecule has 0 bridgehead atoms. The topological polar surface area (TPSA) is 98.7 Å². The number of ether oxygens (including phenoxy) is 2. The maximum absolute atomic E-state index is 12.9. The van der Waals surface area contributed by atoms with Gasteiger partial charge in [0.05, 0.1) is 14.2 Å². The number of rotatable bonds is 7. The highest BCUT2D eigenvalue weighted by atomic mass is 16.5. The van der Waals surface area contributed by atoms with Crippen LogP contribution in [0.3, 0.4) is 0 Å². The van der Waals surface area contributed by atoms with Gasteiger partial charge in [0.2, 0.25) is 5.43 Å². The fraction of sp³-hybridized carbons (Fsp3) is 0.435. The molecule has 8 nitrogen and oxygen atoms in total. The zero-order valence-electron chi connectivity index (χ0n) is 19.2. The van der Waals surface area contributed by atoms with Crippen molar-refractivity contribution in [2.45, 2.75) is 52.7 Å². The molecule has 0 aliphatic carbocycles. The fourth-order valence-electron chi connectivity index (χ4n) is 2.90. The lowest BCUT2D eigenvalue weighted by molar-refractivity contribution is 0.0917. The van der Waals surface area contributed by atoms with E-state index in [0.717, 1.165) is 5.56 Å². The van der Waals surface area contributed by atoms with Crippen LogP contribution in [0.25, 0.3) is 0 Å². The molecule has 1 aromatic carbocycles. The number of hydrogen-bond acceptors (Lipinski definition) is 5. The monoisotopic (exact) mass is 429 g/mol.